The van der Waals surface area contributed by atoms with E-state index in [0.717, 1.165) is 4.88 Å². The molecule has 0 saturated carbocycles. The highest BCUT2D eigenvalue weighted by atomic mass is 32.1. The first kappa shape index (κ1) is 9.18. The highest BCUT2D eigenvalue weighted by molar-refractivity contribution is 7.09. The third-order valence-corrected chi connectivity index (χ3v) is 2.01. The van der Waals surface area contributed by atoms with Crippen LogP contribution >= 0.6 is 11.3 Å². The number of carbonyl (C=O) groups is 1. The summed E-state index contributed by atoms with van der Waals surface area (Å²) in [5, 5.41) is 1.92. The molecule has 2 N–H and O–H groups in total. The molecule has 66 valence electrons. The fourth-order valence-corrected chi connectivity index (χ4v) is 1.27. The highest BCUT2D eigenvalue weighted by Crippen LogP contribution is 2.09. The topological polar surface area (TPSA) is 61.5 Å². The zero-order chi connectivity index (χ0) is 8.81. The predicted molar refractivity (Wildman–Crippen MR) is 44.3 cm³/mol. The molecule has 0 fully saturated rings. The molecule has 0 amide bonds. The Kier molecular flexibility index (Phi) is 3.72. The first-order valence-electron chi connectivity index (χ1n) is 3.32. The molecule has 1 aromatic heterocycles. The summed E-state index contributed by atoms with van der Waals surface area (Å²) in [6, 6.07) is 3.79. The summed E-state index contributed by atoms with van der Waals surface area (Å²) in [6.45, 7) is 0.0885. The molecule has 0 aromatic carbocycles. The van der Waals surface area contributed by atoms with Gasteiger partial charge in [0.15, 0.2) is 6.61 Å². The standard InChI is InChI=1S/C7H9NO3S/c8-11-5-7(9)10-4-6-2-1-3-12-6/h1-3H,4-5,8H2. The van der Waals surface area contributed by atoms with Crippen molar-refractivity contribution in [2.75, 3.05) is 6.61 Å². The van der Waals surface area contributed by atoms with Crippen molar-refractivity contribution in [3.05, 3.63) is 22.4 Å². The van der Waals surface area contributed by atoms with Crippen molar-refractivity contribution in [1.82, 2.24) is 0 Å². The number of thiophene rings is 1. The van der Waals surface area contributed by atoms with Crippen molar-refractivity contribution in [2.24, 2.45) is 5.90 Å². The SMILES string of the molecule is NOCC(=O)OCc1cccs1. The van der Waals surface area contributed by atoms with E-state index < -0.39 is 5.97 Å². The maximum atomic E-state index is 10.7. The van der Waals surface area contributed by atoms with Crippen molar-refractivity contribution >= 4 is 17.3 Å². The molecule has 0 aliphatic carbocycles. The van der Waals surface area contributed by atoms with Gasteiger partial charge >= 0.3 is 5.97 Å². The first-order valence-corrected chi connectivity index (χ1v) is 4.20. The fourth-order valence-electron chi connectivity index (χ4n) is 0.656. The number of nitrogens with two attached hydrogens (primary N) is 1. The van der Waals surface area contributed by atoms with Crippen molar-refractivity contribution in [3.63, 3.8) is 0 Å². The van der Waals surface area contributed by atoms with E-state index in [4.69, 9.17) is 4.74 Å². The minimum absolute atomic E-state index is 0.203. The zero-order valence-electron chi connectivity index (χ0n) is 6.36. The van der Waals surface area contributed by atoms with Gasteiger partial charge in [0.1, 0.15) is 6.61 Å². The van der Waals surface area contributed by atoms with E-state index >= 15 is 0 Å². The summed E-state index contributed by atoms with van der Waals surface area (Å²) in [5.74, 6) is 4.23. The van der Waals surface area contributed by atoms with Gasteiger partial charge in [-0.2, -0.15) is 0 Å². The van der Waals surface area contributed by atoms with Gasteiger partial charge in [0.25, 0.3) is 0 Å². The molecule has 12 heavy (non-hydrogen) atoms. The Morgan fingerprint density at radius 2 is 2.50 bits per heavy atom. The Morgan fingerprint density at radius 1 is 1.67 bits per heavy atom. The van der Waals surface area contributed by atoms with Crippen LogP contribution in [0.15, 0.2) is 17.5 Å². The maximum absolute atomic E-state index is 10.7. The molecule has 0 aliphatic rings. The van der Waals surface area contributed by atoms with Gasteiger partial charge in [-0.05, 0) is 11.4 Å². The van der Waals surface area contributed by atoms with Crippen LogP contribution in [-0.2, 0) is 21.0 Å². The van der Waals surface area contributed by atoms with Gasteiger partial charge in [-0.3, -0.25) is 4.84 Å². The molecule has 0 aliphatic heterocycles. The van der Waals surface area contributed by atoms with E-state index in [-0.39, 0.29) is 6.61 Å². The lowest BCUT2D eigenvalue weighted by Crippen LogP contribution is -2.14. The summed E-state index contributed by atoms with van der Waals surface area (Å²) in [4.78, 5) is 15.8. The van der Waals surface area contributed by atoms with Crippen LogP contribution in [0.2, 0.25) is 0 Å². The van der Waals surface area contributed by atoms with Crippen LogP contribution in [0.25, 0.3) is 0 Å². The molecule has 1 heterocycles. The van der Waals surface area contributed by atoms with Crippen LogP contribution in [-0.4, -0.2) is 12.6 Å². The lowest BCUT2D eigenvalue weighted by Gasteiger charge is -2.00. The number of esters is 1. The summed E-state index contributed by atoms with van der Waals surface area (Å²) in [7, 11) is 0. The van der Waals surface area contributed by atoms with E-state index in [9.17, 15) is 4.79 Å². The first-order chi connectivity index (χ1) is 5.83. The third-order valence-electron chi connectivity index (χ3n) is 1.16. The minimum Gasteiger partial charge on any atom is -0.458 e. The van der Waals surface area contributed by atoms with Gasteiger partial charge in [-0.1, -0.05) is 6.07 Å². The van der Waals surface area contributed by atoms with Crippen LogP contribution < -0.4 is 5.90 Å². The van der Waals surface area contributed by atoms with E-state index in [1.165, 1.54) is 11.3 Å². The van der Waals surface area contributed by atoms with Gasteiger partial charge in [-0.15, -0.1) is 11.3 Å². The second-order valence-corrected chi connectivity index (χ2v) is 3.08. The molecule has 4 nitrogen and oxygen atoms in total. The summed E-state index contributed by atoms with van der Waals surface area (Å²) >= 11 is 1.53. The van der Waals surface area contributed by atoms with Crippen molar-refractivity contribution in [1.29, 1.82) is 0 Å². The minimum atomic E-state index is -0.453. The molecule has 0 atom stereocenters. The van der Waals surface area contributed by atoms with E-state index in [1.54, 1.807) is 0 Å². The third kappa shape index (κ3) is 3.00. The molecule has 0 radical (unpaired) electrons. The molecule has 0 saturated heterocycles. The normalized spacial score (nSPS) is 9.75. The molecule has 0 bridgehead atoms. The molecular weight excluding hydrogens is 178 g/mol. The smallest absolute Gasteiger partial charge is 0.334 e. The Labute approximate surface area is 73.8 Å². The Bertz CT molecular complexity index is 235. The van der Waals surface area contributed by atoms with Crippen molar-refractivity contribution < 1.29 is 14.4 Å². The molecule has 1 aromatic rings. The largest absolute Gasteiger partial charge is 0.458 e. The predicted octanol–water partition coefficient (Wildman–Crippen LogP) is 0.682. The van der Waals surface area contributed by atoms with Crippen LogP contribution in [0.5, 0.6) is 0 Å². The zero-order valence-corrected chi connectivity index (χ0v) is 7.17. The number of rotatable bonds is 4. The number of hydrogen-bond donors (Lipinski definition) is 1. The van der Waals surface area contributed by atoms with Gasteiger partial charge in [0.2, 0.25) is 0 Å². The Hall–Kier alpha value is -0.910. The van der Waals surface area contributed by atoms with Crippen LogP contribution in [0, 0.1) is 0 Å². The van der Waals surface area contributed by atoms with E-state index in [0.29, 0.717) is 6.61 Å². The number of hydrogen-bond acceptors (Lipinski definition) is 5. The maximum Gasteiger partial charge on any atom is 0.334 e. The Balaban J connectivity index is 2.22. The fraction of sp³-hybridized carbons (Fsp3) is 0.286. The molecule has 5 heteroatoms. The van der Waals surface area contributed by atoms with Gasteiger partial charge in [0.05, 0.1) is 0 Å². The molecule has 0 unspecified atom stereocenters. The van der Waals surface area contributed by atoms with Crippen molar-refractivity contribution in [3.8, 4) is 0 Å². The van der Waals surface area contributed by atoms with E-state index in [2.05, 4.69) is 10.7 Å². The van der Waals surface area contributed by atoms with Gasteiger partial charge < -0.3 is 4.74 Å². The van der Waals surface area contributed by atoms with Crippen molar-refractivity contribution in [2.45, 2.75) is 6.61 Å². The summed E-state index contributed by atoms with van der Waals surface area (Å²) < 4.78 is 4.79. The average Bonchev–Trinajstić information content (AvgIpc) is 2.53. The van der Waals surface area contributed by atoms with E-state index in [1.807, 2.05) is 17.5 Å². The number of carbonyl (C=O) groups excluding carboxylic acids is 1. The highest BCUT2D eigenvalue weighted by Gasteiger charge is 2.02. The quantitative estimate of drug-likeness (QED) is 0.556. The number of ether oxygens (including phenoxy) is 1. The lowest BCUT2D eigenvalue weighted by molar-refractivity contribution is -0.150. The van der Waals surface area contributed by atoms with Crippen LogP contribution in [0.1, 0.15) is 4.88 Å². The lowest BCUT2D eigenvalue weighted by atomic mass is 10.5. The second-order valence-electron chi connectivity index (χ2n) is 2.05. The monoisotopic (exact) mass is 187 g/mol. The summed E-state index contributed by atoms with van der Waals surface area (Å²) in [6.07, 6.45) is 0. The molecule has 0 spiro atoms. The molecular formula is C7H9NO3S. The second kappa shape index (κ2) is 4.87. The molecule has 1 rings (SSSR count). The Morgan fingerprint density at radius 3 is 3.08 bits per heavy atom. The van der Waals surface area contributed by atoms with Crippen LogP contribution in [0.3, 0.4) is 0 Å². The average molecular weight is 187 g/mol. The van der Waals surface area contributed by atoms with Gasteiger partial charge in [-0.25, -0.2) is 10.7 Å². The van der Waals surface area contributed by atoms with Crippen LogP contribution in [0.4, 0.5) is 0 Å². The van der Waals surface area contributed by atoms with Gasteiger partial charge in [0, 0.05) is 4.88 Å². The summed E-state index contributed by atoms with van der Waals surface area (Å²) in [5.41, 5.74) is 0.